The van der Waals surface area contributed by atoms with Crippen LogP contribution in [0.2, 0.25) is 0 Å². The fourth-order valence-corrected chi connectivity index (χ4v) is 2.15. The van der Waals surface area contributed by atoms with E-state index in [1.807, 2.05) is 37.3 Å². The van der Waals surface area contributed by atoms with Crippen LogP contribution in [0.4, 0.5) is 10.1 Å². The van der Waals surface area contributed by atoms with Crippen molar-refractivity contribution < 1.29 is 9.18 Å². The molecule has 3 nitrogen and oxygen atoms in total. The Bertz CT molecular complexity index is 610. The van der Waals surface area contributed by atoms with E-state index < -0.39 is 0 Å². The number of benzene rings is 2. The second-order valence-corrected chi connectivity index (χ2v) is 4.93. The summed E-state index contributed by atoms with van der Waals surface area (Å²) in [7, 11) is 1.62. The van der Waals surface area contributed by atoms with Gasteiger partial charge in [0.05, 0.1) is 12.5 Å². The van der Waals surface area contributed by atoms with Crippen molar-refractivity contribution in [2.45, 2.75) is 19.4 Å². The maximum atomic E-state index is 13.7. The Morgan fingerprint density at radius 3 is 2.43 bits per heavy atom. The number of rotatable bonds is 5. The monoisotopic (exact) mass is 286 g/mol. The van der Waals surface area contributed by atoms with Gasteiger partial charge in [0.1, 0.15) is 5.82 Å². The Balaban J connectivity index is 2.03. The van der Waals surface area contributed by atoms with E-state index in [1.54, 1.807) is 19.2 Å². The third kappa shape index (κ3) is 4.05. The van der Waals surface area contributed by atoms with Crippen LogP contribution in [0.25, 0.3) is 0 Å². The lowest BCUT2D eigenvalue weighted by atomic mass is 10.1. The highest BCUT2D eigenvalue weighted by atomic mass is 19.1. The van der Waals surface area contributed by atoms with Crippen LogP contribution in [0.1, 0.15) is 24.1 Å². The van der Waals surface area contributed by atoms with Gasteiger partial charge in [-0.15, -0.1) is 0 Å². The third-order valence-electron chi connectivity index (χ3n) is 3.35. The zero-order valence-corrected chi connectivity index (χ0v) is 12.2. The average molecular weight is 286 g/mol. The molecule has 0 aliphatic rings. The van der Waals surface area contributed by atoms with Crippen LogP contribution in [0.15, 0.2) is 48.5 Å². The quantitative estimate of drug-likeness (QED) is 0.885. The number of halogens is 1. The smallest absolute Gasteiger partial charge is 0.224 e. The van der Waals surface area contributed by atoms with Crippen LogP contribution < -0.4 is 10.6 Å². The minimum Gasteiger partial charge on any atom is -0.378 e. The summed E-state index contributed by atoms with van der Waals surface area (Å²) in [6.45, 7) is 1.91. The van der Waals surface area contributed by atoms with Crippen LogP contribution in [0.3, 0.4) is 0 Å². The molecule has 0 aliphatic carbocycles. The summed E-state index contributed by atoms with van der Waals surface area (Å²) < 4.78 is 13.7. The first kappa shape index (κ1) is 15.0. The number of nitrogens with one attached hydrogen (secondary N) is 2. The molecule has 1 unspecified atom stereocenters. The van der Waals surface area contributed by atoms with Gasteiger partial charge in [-0.2, -0.15) is 0 Å². The van der Waals surface area contributed by atoms with Gasteiger partial charge < -0.3 is 10.6 Å². The average Bonchev–Trinajstić information content (AvgIpc) is 2.49. The number of amides is 1. The van der Waals surface area contributed by atoms with Crippen molar-refractivity contribution in [3.05, 3.63) is 65.5 Å². The predicted molar refractivity (Wildman–Crippen MR) is 82.7 cm³/mol. The number of carbonyl (C=O) groups is 1. The molecular weight excluding hydrogens is 267 g/mol. The summed E-state index contributed by atoms with van der Waals surface area (Å²) >= 11 is 0. The molecule has 0 spiro atoms. The van der Waals surface area contributed by atoms with Gasteiger partial charge in [-0.1, -0.05) is 30.3 Å². The summed E-state index contributed by atoms with van der Waals surface area (Å²) in [5, 5.41) is 5.84. The van der Waals surface area contributed by atoms with E-state index in [4.69, 9.17) is 0 Å². The first-order chi connectivity index (χ1) is 10.1. The molecule has 1 atom stereocenters. The summed E-state index contributed by atoms with van der Waals surface area (Å²) in [5.41, 5.74) is 2.47. The van der Waals surface area contributed by atoms with E-state index in [0.29, 0.717) is 12.0 Å². The molecule has 0 heterocycles. The molecule has 0 radical (unpaired) electrons. The van der Waals surface area contributed by atoms with Crippen LogP contribution in [-0.2, 0) is 11.2 Å². The van der Waals surface area contributed by atoms with E-state index in [2.05, 4.69) is 10.6 Å². The van der Waals surface area contributed by atoms with Crippen molar-refractivity contribution in [3.8, 4) is 0 Å². The molecule has 0 bridgehead atoms. The normalized spacial score (nSPS) is 11.8. The lowest BCUT2D eigenvalue weighted by molar-refractivity contribution is -0.119. The van der Waals surface area contributed by atoms with Crippen LogP contribution >= 0.6 is 0 Å². The molecule has 0 fully saturated rings. The molecule has 110 valence electrons. The molecule has 2 aromatic carbocycles. The number of hydrogen-bond acceptors (Lipinski definition) is 2. The molecular formula is C17H19FN2O. The molecule has 0 saturated carbocycles. The van der Waals surface area contributed by atoms with Crippen molar-refractivity contribution in [3.63, 3.8) is 0 Å². The molecule has 0 aromatic heterocycles. The number of likely N-dealkylation sites (N-methyl/N-ethyl adjacent to an activating group) is 1. The highest BCUT2D eigenvalue weighted by Crippen LogP contribution is 2.21. The fraction of sp³-hybridized carbons (Fsp3) is 0.235. The van der Waals surface area contributed by atoms with Crippen molar-refractivity contribution in [2.75, 3.05) is 12.4 Å². The van der Waals surface area contributed by atoms with Gasteiger partial charge in [-0.25, -0.2) is 4.39 Å². The first-order valence-corrected chi connectivity index (χ1v) is 6.90. The van der Waals surface area contributed by atoms with Crippen molar-refractivity contribution >= 4 is 11.6 Å². The second kappa shape index (κ2) is 6.88. The highest BCUT2D eigenvalue weighted by Gasteiger charge is 2.10. The molecule has 21 heavy (non-hydrogen) atoms. The topological polar surface area (TPSA) is 41.1 Å². The SMILES string of the molecule is CNC(=O)Cc1ccc(NC(C)c2ccccc2F)cc1. The Kier molecular flexibility index (Phi) is 4.93. The second-order valence-electron chi connectivity index (χ2n) is 4.93. The summed E-state index contributed by atoms with van der Waals surface area (Å²) in [6.07, 6.45) is 0.361. The van der Waals surface area contributed by atoms with Crippen LogP contribution in [-0.4, -0.2) is 13.0 Å². The molecule has 0 saturated heterocycles. The largest absolute Gasteiger partial charge is 0.378 e. The number of carbonyl (C=O) groups excluding carboxylic acids is 1. The molecule has 4 heteroatoms. The Morgan fingerprint density at radius 2 is 1.81 bits per heavy atom. The Labute approximate surface area is 124 Å². The van der Waals surface area contributed by atoms with Crippen molar-refractivity contribution in [1.29, 1.82) is 0 Å². The molecule has 2 N–H and O–H groups in total. The standard InChI is InChI=1S/C17H19FN2O/c1-12(15-5-3-4-6-16(15)18)20-14-9-7-13(8-10-14)11-17(21)19-2/h3-10,12,20H,11H2,1-2H3,(H,19,21). The Morgan fingerprint density at radius 1 is 1.14 bits per heavy atom. The van der Waals surface area contributed by atoms with E-state index in [0.717, 1.165) is 11.3 Å². The predicted octanol–water partition coefficient (Wildman–Crippen LogP) is 3.29. The van der Waals surface area contributed by atoms with Gasteiger partial charge in [0.15, 0.2) is 0 Å². The van der Waals surface area contributed by atoms with Gasteiger partial charge in [0.25, 0.3) is 0 Å². The maximum Gasteiger partial charge on any atom is 0.224 e. The third-order valence-corrected chi connectivity index (χ3v) is 3.35. The molecule has 2 rings (SSSR count). The lowest BCUT2D eigenvalue weighted by Crippen LogP contribution is -2.19. The summed E-state index contributed by atoms with van der Waals surface area (Å²) in [6, 6.07) is 14.2. The van der Waals surface area contributed by atoms with E-state index in [-0.39, 0.29) is 17.8 Å². The van der Waals surface area contributed by atoms with Crippen LogP contribution in [0.5, 0.6) is 0 Å². The van der Waals surface area contributed by atoms with Gasteiger partial charge in [0.2, 0.25) is 5.91 Å². The number of hydrogen-bond donors (Lipinski definition) is 2. The van der Waals surface area contributed by atoms with E-state index >= 15 is 0 Å². The first-order valence-electron chi connectivity index (χ1n) is 6.90. The van der Waals surface area contributed by atoms with Gasteiger partial charge in [-0.05, 0) is 30.7 Å². The zero-order chi connectivity index (χ0) is 15.2. The fourth-order valence-electron chi connectivity index (χ4n) is 2.15. The van der Waals surface area contributed by atoms with Crippen LogP contribution in [0, 0.1) is 5.82 Å². The molecule has 0 aliphatic heterocycles. The van der Waals surface area contributed by atoms with Gasteiger partial charge >= 0.3 is 0 Å². The number of anilines is 1. The summed E-state index contributed by atoms with van der Waals surface area (Å²) in [5.74, 6) is -0.232. The lowest BCUT2D eigenvalue weighted by Gasteiger charge is -2.16. The van der Waals surface area contributed by atoms with Crippen molar-refractivity contribution in [2.24, 2.45) is 0 Å². The molecule has 1 amide bonds. The summed E-state index contributed by atoms with van der Waals surface area (Å²) in [4.78, 5) is 11.3. The highest BCUT2D eigenvalue weighted by molar-refractivity contribution is 5.78. The van der Waals surface area contributed by atoms with E-state index in [9.17, 15) is 9.18 Å². The minimum absolute atomic E-state index is 0.0181. The zero-order valence-electron chi connectivity index (χ0n) is 12.2. The van der Waals surface area contributed by atoms with E-state index in [1.165, 1.54) is 6.07 Å². The molecule has 2 aromatic rings. The van der Waals surface area contributed by atoms with Gasteiger partial charge in [0, 0.05) is 18.3 Å². The van der Waals surface area contributed by atoms with Gasteiger partial charge in [-0.3, -0.25) is 4.79 Å². The van der Waals surface area contributed by atoms with Crippen molar-refractivity contribution in [1.82, 2.24) is 5.32 Å². The minimum atomic E-state index is -0.214. The maximum absolute atomic E-state index is 13.7. The Hall–Kier alpha value is -2.36.